The lowest BCUT2D eigenvalue weighted by molar-refractivity contribution is 0.0318. The predicted octanol–water partition coefficient (Wildman–Crippen LogP) is 4.28. The molecule has 0 aliphatic rings. The van der Waals surface area contributed by atoms with Crippen molar-refractivity contribution in [3.63, 3.8) is 0 Å². The maximum Gasteiger partial charge on any atom is 0.338 e. The molecule has 0 fully saturated rings. The van der Waals surface area contributed by atoms with Gasteiger partial charge in [-0.05, 0) is 44.2 Å². The standard InChI is InChI=1S/C19H19BrO5/c1-4-24-16-10-7-14(11-17(16)23-3)19(22)25-12(2)18(21)13-5-8-15(20)9-6-13/h5-12H,4H2,1-3H3. The molecule has 0 aliphatic heterocycles. The molecule has 0 bridgehead atoms. The first-order valence-corrected chi connectivity index (χ1v) is 8.57. The molecule has 1 atom stereocenters. The quantitative estimate of drug-likeness (QED) is 0.506. The van der Waals surface area contributed by atoms with Gasteiger partial charge in [0.15, 0.2) is 17.6 Å². The molecule has 0 saturated heterocycles. The fourth-order valence-electron chi connectivity index (χ4n) is 2.20. The zero-order chi connectivity index (χ0) is 18.4. The smallest absolute Gasteiger partial charge is 0.338 e. The van der Waals surface area contributed by atoms with Gasteiger partial charge in [-0.15, -0.1) is 0 Å². The van der Waals surface area contributed by atoms with E-state index in [9.17, 15) is 9.59 Å². The van der Waals surface area contributed by atoms with Crippen molar-refractivity contribution in [2.45, 2.75) is 20.0 Å². The number of ketones is 1. The summed E-state index contributed by atoms with van der Waals surface area (Å²) in [7, 11) is 1.49. The molecule has 1 unspecified atom stereocenters. The predicted molar refractivity (Wildman–Crippen MR) is 97.5 cm³/mol. The van der Waals surface area contributed by atoms with Crippen molar-refractivity contribution in [3.8, 4) is 11.5 Å². The number of ether oxygens (including phenoxy) is 3. The number of esters is 1. The van der Waals surface area contributed by atoms with Crippen LogP contribution in [0.15, 0.2) is 46.9 Å². The summed E-state index contributed by atoms with van der Waals surface area (Å²) in [5.74, 6) is 0.113. The Bertz CT molecular complexity index is 755. The highest BCUT2D eigenvalue weighted by atomic mass is 79.9. The molecule has 0 radical (unpaired) electrons. The molecular weight excluding hydrogens is 388 g/mol. The van der Waals surface area contributed by atoms with Crippen LogP contribution >= 0.6 is 15.9 Å². The van der Waals surface area contributed by atoms with Crippen LogP contribution in [-0.2, 0) is 4.74 Å². The average Bonchev–Trinajstić information content (AvgIpc) is 2.62. The molecule has 0 spiro atoms. The van der Waals surface area contributed by atoms with Gasteiger partial charge in [-0.25, -0.2) is 4.79 Å². The zero-order valence-electron chi connectivity index (χ0n) is 14.2. The van der Waals surface area contributed by atoms with Crippen molar-refractivity contribution >= 4 is 27.7 Å². The van der Waals surface area contributed by atoms with Gasteiger partial charge in [0, 0.05) is 10.0 Å². The molecule has 2 aromatic carbocycles. The van der Waals surface area contributed by atoms with Crippen molar-refractivity contribution in [2.24, 2.45) is 0 Å². The Morgan fingerprint density at radius 3 is 2.28 bits per heavy atom. The minimum atomic E-state index is -0.897. The number of benzene rings is 2. The summed E-state index contributed by atoms with van der Waals surface area (Å²) < 4.78 is 16.8. The number of Topliss-reactive ketones (excluding diaryl/α,β-unsaturated/α-hetero) is 1. The molecule has 6 heteroatoms. The molecule has 25 heavy (non-hydrogen) atoms. The molecule has 0 aliphatic carbocycles. The van der Waals surface area contributed by atoms with E-state index in [2.05, 4.69) is 15.9 Å². The molecule has 132 valence electrons. The number of methoxy groups -OCH3 is 1. The van der Waals surface area contributed by atoms with Crippen LogP contribution in [0.4, 0.5) is 0 Å². The second kappa shape index (κ2) is 8.67. The highest BCUT2D eigenvalue weighted by Gasteiger charge is 2.21. The normalized spacial score (nSPS) is 11.5. The Hall–Kier alpha value is -2.34. The number of halogens is 1. The van der Waals surface area contributed by atoms with Gasteiger partial charge in [0.2, 0.25) is 5.78 Å². The number of hydrogen-bond donors (Lipinski definition) is 0. The first kappa shape index (κ1) is 19.0. The summed E-state index contributed by atoms with van der Waals surface area (Å²) in [6, 6.07) is 11.6. The van der Waals surface area contributed by atoms with E-state index in [1.165, 1.54) is 13.2 Å². The monoisotopic (exact) mass is 406 g/mol. The van der Waals surface area contributed by atoms with Gasteiger partial charge in [0.25, 0.3) is 0 Å². The highest BCUT2D eigenvalue weighted by Crippen LogP contribution is 2.28. The SMILES string of the molecule is CCOc1ccc(C(=O)OC(C)C(=O)c2ccc(Br)cc2)cc1OC. The van der Waals surface area contributed by atoms with Gasteiger partial charge >= 0.3 is 5.97 Å². The summed E-state index contributed by atoms with van der Waals surface area (Å²) in [4.78, 5) is 24.7. The van der Waals surface area contributed by atoms with Crippen molar-refractivity contribution in [1.29, 1.82) is 0 Å². The summed E-state index contributed by atoms with van der Waals surface area (Å²) in [5.41, 5.74) is 0.767. The largest absolute Gasteiger partial charge is 0.493 e. The first-order chi connectivity index (χ1) is 12.0. The third kappa shape index (κ3) is 4.82. The van der Waals surface area contributed by atoms with E-state index in [4.69, 9.17) is 14.2 Å². The van der Waals surface area contributed by atoms with Crippen LogP contribution in [0.3, 0.4) is 0 Å². The molecule has 0 amide bonds. The van der Waals surface area contributed by atoms with Crippen LogP contribution in [0, 0.1) is 0 Å². The molecule has 0 heterocycles. The van der Waals surface area contributed by atoms with Crippen LogP contribution in [0.25, 0.3) is 0 Å². The van der Waals surface area contributed by atoms with E-state index in [0.717, 1.165) is 4.47 Å². The zero-order valence-corrected chi connectivity index (χ0v) is 15.8. The van der Waals surface area contributed by atoms with E-state index in [1.54, 1.807) is 43.3 Å². The van der Waals surface area contributed by atoms with E-state index < -0.39 is 12.1 Å². The Morgan fingerprint density at radius 2 is 1.68 bits per heavy atom. The second-order valence-electron chi connectivity index (χ2n) is 5.22. The highest BCUT2D eigenvalue weighted by molar-refractivity contribution is 9.10. The molecular formula is C19H19BrO5. The minimum absolute atomic E-state index is 0.265. The third-order valence-electron chi connectivity index (χ3n) is 3.48. The van der Waals surface area contributed by atoms with Crippen LogP contribution < -0.4 is 9.47 Å². The van der Waals surface area contributed by atoms with Gasteiger partial charge in [0.1, 0.15) is 0 Å². The van der Waals surface area contributed by atoms with Crippen LogP contribution in [0.5, 0.6) is 11.5 Å². The third-order valence-corrected chi connectivity index (χ3v) is 4.01. The molecule has 0 N–H and O–H groups in total. The molecule has 2 rings (SSSR count). The number of carbonyl (C=O) groups is 2. The lowest BCUT2D eigenvalue weighted by atomic mass is 10.1. The summed E-state index contributed by atoms with van der Waals surface area (Å²) >= 11 is 3.31. The Morgan fingerprint density at radius 1 is 1.04 bits per heavy atom. The van der Waals surface area contributed by atoms with Gasteiger partial charge < -0.3 is 14.2 Å². The molecule has 2 aromatic rings. The Kier molecular flexibility index (Phi) is 6.58. The number of rotatable bonds is 7. The number of hydrogen-bond acceptors (Lipinski definition) is 5. The van der Waals surface area contributed by atoms with E-state index in [-0.39, 0.29) is 11.3 Å². The van der Waals surface area contributed by atoms with Gasteiger partial charge in [0.05, 0.1) is 19.3 Å². The van der Waals surface area contributed by atoms with E-state index in [0.29, 0.717) is 23.7 Å². The van der Waals surface area contributed by atoms with Crippen LogP contribution in [0.1, 0.15) is 34.6 Å². The maximum absolute atomic E-state index is 12.3. The van der Waals surface area contributed by atoms with Crippen molar-refractivity contribution in [3.05, 3.63) is 58.1 Å². The summed E-state index contributed by atoms with van der Waals surface area (Å²) in [6.07, 6.45) is -0.897. The fourth-order valence-corrected chi connectivity index (χ4v) is 2.46. The first-order valence-electron chi connectivity index (χ1n) is 7.77. The van der Waals surface area contributed by atoms with Crippen molar-refractivity contribution < 1.29 is 23.8 Å². The van der Waals surface area contributed by atoms with Gasteiger partial charge in [-0.2, -0.15) is 0 Å². The maximum atomic E-state index is 12.3. The summed E-state index contributed by atoms with van der Waals surface area (Å²) in [6.45, 7) is 3.89. The van der Waals surface area contributed by atoms with Gasteiger partial charge in [-0.1, -0.05) is 28.1 Å². The van der Waals surface area contributed by atoms with Gasteiger partial charge in [-0.3, -0.25) is 4.79 Å². The lowest BCUT2D eigenvalue weighted by Gasteiger charge is -2.14. The van der Waals surface area contributed by atoms with Crippen molar-refractivity contribution in [2.75, 3.05) is 13.7 Å². The van der Waals surface area contributed by atoms with Crippen molar-refractivity contribution in [1.82, 2.24) is 0 Å². The molecule has 0 saturated carbocycles. The Labute approximate surface area is 155 Å². The minimum Gasteiger partial charge on any atom is -0.493 e. The van der Waals surface area contributed by atoms with E-state index in [1.807, 2.05) is 6.92 Å². The fraction of sp³-hybridized carbons (Fsp3) is 0.263. The number of carbonyl (C=O) groups excluding carboxylic acids is 2. The lowest BCUT2D eigenvalue weighted by Crippen LogP contribution is -2.24. The van der Waals surface area contributed by atoms with Crippen LogP contribution in [-0.4, -0.2) is 31.6 Å². The van der Waals surface area contributed by atoms with E-state index >= 15 is 0 Å². The topological polar surface area (TPSA) is 61.8 Å². The average molecular weight is 407 g/mol. The van der Waals surface area contributed by atoms with Crippen LogP contribution in [0.2, 0.25) is 0 Å². The molecule has 0 aromatic heterocycles. The second-order valence-corrected chi connectivity index (χ2v) is 6.13. The summed E-state index contributed by atoms with van der Waals surface area (Å²) in [5, 5.41) is 0. The molecule has 5 nitrogen and oxygen atoms in total. The Balaban J connectivity index is 2.10.